The van der Waals surface area contributed by atoms with E-state index in [1.807, 2.05) is 12.1 Å². The second-order valence-electron chi connectivity index (χ2n) is 4.56. The van der Waals surface area contributed by atoms with E-state index in [9.17, 15) is 5.11 Å². The van der Waals surface area contributed by atoms with Gasteiger partial charge < -0.3 is 10.4 Å². The molecular weight excluding hydrogens is 278 g/mol. The van der Waals surface area contributed by atoms with Gasteiger partial charge in [0.15, 0.2) is 0 Å². The topological polar surface area (TPSA) is 32.3 Å². The summed E-state index contributed by atoms with van der Waals surface area (Å²) in [6.07, 6.45) is 2.01. The Bertz CT molecular complexity index is 328. The summed E-state index contributed by atoms with van der Waals surface area (Å²) in [6, 6.07) is 8.22. The largest absolute Gasteiger partial charge is 0.396 e. The molecule has 0 saturated carbocycles. The molecule has 1 aromatic rings. The zero-order valence-corrected chi connectivity index (χ0v) is 12.3. The maximum absolute atomic E-state index is 9.48. The first-order valence-electron chi connectivity index (χ1n) is 6.22. The van der Waals surface area contributed by atoms with Crippen LogP contribution in [0.3, 0.4) is 0 Å². The lowest BCUT2D eigenvalue weighted by atomic mass is 9.83. The molecule has 0 aliphatic carbocycles. The normalized spacial score (nSPS) is 11.8. The smallest absolute Gasteiger partial charge is 0.0499 e. The Labute approximate surface area is 113 Å². The summed E-state index contributed by atoms with van der Waals surface area (Å²) in [4.78, 5) is 0. The molecule has 0 saturated heterocycles. The van der Waals surface area contributed by atoms with Crippen molar-refractivity contribution in [2.75, 3.05) is 13.2 Å². The first-order chi connectivity index (χ1) is 8.17. The average Bonchev–Trinajstić information content (AvgIpc) is 2.37. The molecule has 0 aliphatic heterocycles. The zero-order valence-electron chi connectivity index (χ0n) is 10.7. The van der Waals surface area contributed by atoms with Crippen LogP contribution >= 0.6 is 15.9 Å². The van der Waals surface area contributed by atoms with Crippen LogP contribution in [0.15, 0.2) is 28.7 Å². The fourth-order valence-electron chi connectivity index (χ4n) is 1.88. The Balaban J connectivity index is 2.49. The predicted octanol–water partition coefficient (Wildman–Crippen LogP) is 3.34. The highest BCUT2D eigenvalue weighted by Gasteiger charge is 2.24. The zero-order chi connectivity index (χ0) is 12.7. The van der Waals surface area contributed by atoms with E-state index in [-0.39, 0.29) is 12.0 Å². The summed E-state index contributed by atoms with van der Waals surface area (Å²) < 4.78 is 1.13. The van der Waals surface area contributed by atoms with Crippen LogP contribution in [0.1, 0.15) is 32.3 Å². The molecule has 0 amide bonds. The number of hydrogen-bond acceptors (Lipinski definition) is 2. The first-order valence-corrected chi connectivity index (χ1v) is 7.01. The Morgan fingerprint density at radius 2 is 1.88 bits per heavy atom. The number of rotatable bonds is 7. The van der Waals surface area contributed by atoms with Crippen LogP contribution in [0.2, 0.25) is 0 Å². The summed E-state index contributed by atoms with van der Waals surface area (Å²) in [6.45, 7) is 6.23. The van der Waals surface area contributed by atoms with Crippen molar-refractivity contribution in [1.82, 2.24) is 5.32 Å². The lowest BCUT2D eigenvalue weighted by Crippen LogP contribution is -2.36. The minimum absolute atomic E-state index is 0.0290. The van der Waals surface area contributed by atoms with Gasteiger partial charge in [-0.15, -0.1) is 0 Å². The van der Waals surface area contributed by atoms with Crippen LogP contribution < -0.4 is 5.32 Å². The fraction of sp³-hybridized carbons (Fsp3) is 0.571. The Morgan fingerprint density at radius 3 is 2.41 bits per heavy atom. The molecule has 0 radical (unpaired) electrons. The van der Waals surface area contributed by atoms with Gasteiger partial charge in [0.1, 0.15) is 0 Å². The Hall–Kier alpha value is -0.380. The van der Waals surface area contributed by atoms with Gasteiger partial charge >= 0.3 is 0 Å². The highest BCUT2D eigenvalue weighted by molar-refractivity contribution is 9.10. The molecule has 0 bridgehead atoms. The molecule has 0 atom stereocenters. The van der Waals surface area contributed by atoms with Crippen LogP contribution in [0.4, 0.5) is 0 Å². The molecule has 0 fully saturated rings. The molecular formula is C14H22BrNO. The van der Waals surface area contributed by atoms with E-state index in [0.717, 1.165) is 30.4 Å². The lowest BCUT2D eigenvalue weighted by molar-refractivity contribution is 0.113. The second kappa shape index (κ2) is 7.14. The number of aliphatic hydroxyl groups excluding tert-OH is 1. The van der Waals surface area contributed by atoms with Gasteiger partial charge in [-0.3, -0.25) is 0 Å². The van der Waals surface area contributed by atoms with Crippen LogP contribution in [-0.4, -0.2) is 18.3 Å². The molecule has 3 heteroatoms. The molecule has 96 valence electrons. The molecule has 1 rings (SSSR count). The summed E-state index contributed by atoms with van der Waals surface area (Å²) in [7, 11) is 0. The molecule has 1 aromatic carbocycles. The molecule has 0 spiro atoms. The predicted molar refractivity (Wildman–Crippen MR) is 75.9 cm³/mol. The van der Waals surface area contributed by atoms with Crippen molar-refractivity contribution in [3.05, 3.63) is 34.3 Å². The lowest BCUT2D eigenvalue weighted by Gasteiger charge is -2.29. The van der Waals surface area contributed by atoms with Gasteiger partial charge in [0.2, 0.25) is 0 Å². The van der Waals surface area contributed by atoms with E-state index in [4.69, 9.17) is 0 Å². The number of benzene rings is 1. The maximum atomic E-state index is 9.48. The third-order valence-electron chi connectivity index (χ3n) is 3.61. The molecule has 17 heavy (non-hydrogen) atoms. The maximum Gasteiger partial charge on any atom is 0.0499 e. The van der Waals surface area contributed by atoms with Crippen molar-refractivity contribution in [1.29, 1.82) is 0 Å². The van der Waals surface area contributed by atoms with Crippen molar-refractivity contribution >= 4 is 15.9 Å². The van der Waals surface area contributed by atoms with Crippen LogP contribution in [-0.2, 0) is 6.54 Å². The molecule has 0 unspecified atom stereocenters. The number of halogens is 1. The third kappa shape index (κ3) is 4.09. The molecule has 0 heterocycles. The van der Waals surface area contributed by atoms with Gasteiger partial charge in [0.05, 0.1) is 0 Å². The average molecular weight is 300 g/mol. The van der Waals surface area contributed by atoms with E-state index in [1.165, 1.54) is 5.56 Å². The summed E-state index contributed by atoms with van der Waals surface area (Å²) >= 11 is 3.54. The fourth-order valence-corrected chi connectivity index (χ4v) is 2.31. The molecule has 2 nitrogen and oxygen atoms in total. The van der Waals surface area contributed by atoms with E-state index >= 15 is 0 Å². The van der Waals surface area contributed by atoms with Crippen molar-refractivity contribution < 1.29 is 5.11 Å². The quantitative estimate of drug-likeness (QED) is 0.809. The molecule has 0 aliphatic rings. The van der Waals surface area contributed by atoms with Crippen LogP contribution in [0.5, 0.6) is 0 Å². The minimum Gasteiger partial charge on any atom is -0.396 e. The van der Waals surface area contributed by atoms with Gasteiger partial charge in [-0.1, -0.05) is 48.0 Å². The highest BCUT2D eigenvalue weighted by Crippen LogP contribution is 2.24. The Kier molecular flexibility index (Phi) is 6.17. The SMILES string of the molecule is CCC(CC)(CO)CNCc1ccccc1Br. The number of nitrogens with one attached hydrogen (secondary N) is 1. The summed E-state index contributed by atoms with van der Waals surface area (Å²) in [5.41, 5.74) is 1.29. The van der Waals surface area contributed by atoms with Crippen molar-refractivity contribution in [3.63, 3.8) is 0 Å². The van der Waals surface area contributed by atoms with E-state index in [2.05, 4.69) is 47.2 Å². The number of hydrogen-bond donors (Lipinski definition) is 2. The Morgan fingerprint density at radius 1 is 1.24 bits per heavy atom. The van der Waals surface area contributed by atoms with Gasteiger partial charge in [-0.25, -0.2) is 0 Å². The van der Waals surface area contributed by atoms with Gasteiger partial charge in [-0.2, -0.15) is 0 Å². The van der Waals surface area contributed by atoms with E-state index in [0.29, 0.717) is 0 Å². The second-order valence-corrected chi connectivity index (χ2v) is 5.41. The third-order valence-corrected chi connectivity index (χ3v) is 4.38. The van der Waals surface area contributed by atoms with Gasteiger partial charge in [-0.05, 0) is 24.5 Å². The number of aliphatic hydroxyl groups is 1. The molecule has 0 aromatic heterocycles. The minimum atomic E-state index is 0.0290. The van der Waals surface area contributed by atoms with Gasteiger partial charge in [0, 0.05) is 29.6 Å². The van der Waals surface area contributed by atoms with Crippen molar-refractivity contribution in [2.24, 2.45) is 5.41 Å². The monoisotopic (exact) mass is 299 g/mol. The van der Waals surface area contributed by atoms with Crippen molar-refractivity contribution in [3.8, 4) is 0 Å². The van der Waals surface area contributed by atoms with Gasteiger partial charge in [0.25, 0.3) is 0 Å². The van der Waals surface area contributed by atoms with E-state index in [1.54, 1.807) is 0 Å². The van der Waals surface area contributed by atoms with Crippen molar-refractivity contribution in [2.45, 2.75) is 33.2 Å². The van der Waals surface area contributed by atoms with Crippen LogP contribution in [0, 0.1) is 5.41 Å². The first kappa shape index (κ1) is 14.7. The summed E-state index contributed by atoms with van der Waals surface area (Å²) in [5, 5.41) is 12.9. The highest BCUT2D eigenvalue weighted by atomic mass is 79.9. The van der Waals surface area contributed by atoms with Crippen LogP contribution in [0.25, 0.3) is 0 Å². The standard InChI is InChI=1S/C14H22BrNO/c1-3-14(4-2,11-17)10-16-9-12-7-5-6-8-13(12)15/h5-8,16-17H,3-4,9-11H2,1-2H3. The summed E-state index contributed by atoms with van der Waals surface area (Å²) in [5.74, 6) is 0. The van der Waals surface area contributed by atoms with E-state index < -0.39 is 0 Å². The molecule has 2 N–H and O–H groups in total.